The molecule has 0 amide bonds. The van der Waals surface area contributed by atoms with Gasteiger partial charge in [0.15, 0.2) is 0 Å². The molecular formula is C11H20O3. The average Bonchev–Trinajstić information content (AvgIpc) is 2.17. The first-order valence-electron chi connectivity index (χ1n) is 5.51. The Balaban J connectivity index is 2.37. The third-order valence-corrected chi connectivity index (χ3v) is 3.38. The maximum absolute atomic E-state index is 10.4. The van der Waals surface area contributed by atoms with Crippen LogP contribution in [0.1, 0.15) is 45.4 Å². The van der Waals surface area contributed by atoms with Crippen LogP contribution in [-0.4, -0.2) is 22.3 Å². The van der Waals surface area contributed by atoms with Gasteiger partial charge in [0.2, 0.25) is 0 Å². The molecule has 1 aliphatic rings. The van der Waals surface area contributed by atoms with Crippen molar-refractivity contribution in [1.82, 2.24) is 0 Å². The van der Waals surface area contributed by atoms with Crippen LogP contribution in [0.25, 0.3) is 0 Å². The molecule has 1 rings (SSSR count). The molecule has 82 valence electrons. The Kier molecular flexibility index (Phi) is 4.39. The predicted molar refractivity (Wildman–Crippen MR) is 54.0 cm³/mol. The van der Waals surface area contributed by atoms with E-state index in [1.54, 1.807) is 0 Å². The molecule has 0 saturated heterocycles. The molecule has 1 fully saturated rings. The lowest BCUT2D eigenvalue weighted by Gasteiger charge is -2.30. The molecule has 2 unspecified atom stereocenters. The molecule has 1 saturated carbocycles. The second kappa shape index (κ2) is 5.35. The van der Waals surface area contributed by atoms with Gasteiger partial charge in [0.05, 0.1) is 12.5 Å². The van der Waals surface area contributed by atoms with Crippen LogP contribution in [0.4, 0.5) is 0 Å². The van der Waals surface area contributed by atoms with E-state index in [9.17, 15) is 9.90 Å². The molecule has 0 heterocycles. The molecular weight excluding hydrogens is 180 g/mol. The number of hydrogen-bond donors (Lipinski definition) is 2. The van der Waals surface area contributed by atoms with Crippen molar-refractivity contribution in [3.8, 4) is 0 Å². The Morgan fingerprint density at radius 1 is 1.36 bits per heavy atom. The number of aliphatic hydroxyl groups is 1. The standard InChI is InChI=1S/C11H20O3/c1-8(10(12)7-11(13)14)9-5-3-2-4-6-9/h8-10,12H,2-7H2,1H3,(H,13,14). The predicted octanol–water partition coefficient (Wildman–Crippen LogP) is 2.04. The Hall–Kier alpha value is -0.570. The minimum Gasteiger partial charge on any atom is -0.481 e. The molecule has 0 radical (unpaired) electrons. The molecule has 0 aromatic carbocycles. The van der Waals surface area contributed by atoms with E-state index in [2.05, 4.69) is 0 Å². The number of carboxylic acids is 1. The van der Waals surface area contributed by atoms with Crippen molar-refractivity contribution in [2.45, 2.75) is 51.6 Å². The number of hydrogen-bond acceptors (Lipinski definition) is 2. The molecule has 0 aliphatic heterocycles. The van der Waals surface area contributed by atoms with Gasteiger partial charge in [0, 0.05) is 0 Å². The molecule has 1 aliphatic carbocycles. The quantitative estimate of drug-likeness (QED) is 0.730. The summed E-state index contributed by atoms with van der Waals surface area (Å²) >= 11 is 0. The van der Waals surface area contributed by atoms with Gasteiger partial charge in [0.25, 0.3) is 0 Å². The molecule has 2 N–H and O–H groups in total. The van der Waals surface area contributed by atoms with Crippen LogP contribution >= 0.6 is 0 Å². The van der Waals surface area contributed by atoms with Gasteiger partial charge in [-0.3, -0.25) is 4.79 Å². The minimum absolute atomic E-state index is 0.113. The van der Waals surface area contributed by atoms with E-state index in [1.165, 1.54) is 19.3 Å². The van der Waals surface area contributed by atoms with Crippen molar-refractivity contribution >= 4 is 5.97 Å². The van der Waals surface area contributed by atoms with Gasteiger partial charge in [0.1, 0.15) is 0 Å². The summed E-state index contributed by atoms with van der Waals surface area (Å²) in [5.41, 5.74) is 0. The molecule has 0 aromatic rings. The summed E-state index contributed by atoms with van der Waals surface area (Å²) in [6.07, 6.45) is 5.27. The lowest BCUT2D eigenvalue weighted by molar-refractivity contribution is -0.140. The highest BCUT2D eigenvalue weighted by molar-refractivity contribution is 5.67. The summed E-state index contributed by atoms with van der Waals surface area (Å²) in [7, 11) is 0. The summed E-state index contributed by atoms with van der Waals surface area (Å²) in [4.78, 5) is 10.4. The first-order chi connectivity index (χ1) is 6.61. The minimum atomic E-state index is -0.903. The Bertz CT molecular complexity index is 185. The smallest absolute Gasteiger partial charge is 0.305 e. The Labute approximate surface area is 85.1 Å². The van der Waals surface area contributed by atoms with Crippen LogP contribution in [0.2, 0.25) is 0 Å². The lowest BCUT2D eigenvalue weighted by atomic mass is 9.78. The zero-order valence-corrected chi connectivity index (χ0v) is 8.78. The van der Waals surface area contributed by atoms with E-state index >= 15 is 0 Å². The largest absolute Gasteiger partial charge is 0.481 e. The maximum atomic E-state index is 10.4. The molecule has 3 nitrogen and oxygen atoms in total. The summed E-state index contributed by atoms with van der Waals surface area (Å²) < 4.78 is 0. The normalized spacial score (nSPS) is 23.0. The molecule has 0 spiro atoms. The van der Waals surface area contributed by atoms with Gasteiger partial charge in [-0.05, 0) is 11.8 Å². The van der Waals surface area contributed by atoms with Crippen molar-refractivity contribution in [2.75, 3.05) is 0 Å². The summed E-state index contributed by atoms with van der Waals surface area (Å²) in [5.74, 6) is -0.246. The number of carboxylic acid groups (broad SMARTS) is 1. The molecule has 2 atom stereocenters. The SMILES string of the molecule is CC(C(O)CC(=O)O)C1CCCCC1. The molecule has 0 aromatic heterocycles. The lowest BCUT2D eigenvalue weighted by Crippen LogP contribution is -2.29. The van der Waals surface area contributed by atoms with E-state index in [4.69, 9.17) is 5.11 Å². The zero-order chi connectivity index (χ0) is 10.6. The van der Waals surface area contributed by atoms with Crippen LogP contribution in [0.5, 0.6) is 0 Å². The third-order valence-electron chi connectivity index (χ3n) is 3.38. The van der Waals surface area contributed by atoms with Gasteiger partial charge >= 0.3 is 5.97 Å². The van der Waals surface area contributed by atoms with Gasteiger partial charge in [-0.1, -0.05) is 39.0 Å². The summed E-state index contributed by atoms with van der Waals surface area (Å²) in [5, 5.41) is 18.2. The Morgan fingerprint density at radius 3 is 2.43 bits per heavy atom. The second-order valence-corrected chi connectivity index (χ2v) is 4.42. The fraction of sp³-hybridized carbons (Fsp3) is 0.909. The van der Waals surface area contributed by atoms with E-state index in [-0.39, 0.29) is 12.3 Å². The van der Waals surface area contributed by atoms with Crippen LogP contribution in [0.3, 0.4) is 0 Å². The van der Waals surface area contributed by atoms with E-state index in [1.807, 2.05) is 6.92 Å². The number of rotatable bonds is 4. The highest BCUT2D eigenvalue weighted by Gasteiger charge is 2.26. The number of carbonyl (C=O) groups is 1. The topological polar surface area (TPSA) is 57.5 Å². The fourth-order valence-corrected chi connectivity index (χ4v) is 2.34. The van der Waals surface area contributed by atoms with Crippen molar-refractivity contribution in [1.29, 1.82) is 0 Å². The van der Waals surface area contributed by atoms with Crippen LogP contribution < -0.4 is 0 Å². The van der Waals surface area contributed by atoms with Gasteiger partial charge in [-0.15, -0.1) is 0 Å². The van der Waals surface area contributed by atoms with Crippen LogP contribution in [-0.2, 0) is 4.79 Å². The highest BCUT2D eigenvalue weighted by Crippen LogP contribution is 2.32. The zero-order valence-electron chi connectivity index (χ0n) is 8.78. The maximum Gasteiger partial charge on any atom is 0.305 e. The van der Waals surface area contributed by atoms with Gasteiger partial charge in [-0.2, -0.15) is 0 Å². The van der Waals surface area contributed by atoms with Gasteiger partial charge < -0.3 is 10.2 Å². The number of aliphatic hydroxyl groups excluding tert-OH is 1. The van der Waals surface area contributed by atoms with E-state index in [0.717, 1.165) is 12.8 Å². The number of aliphatic carboxylic acids is 1. The fourth-order valence-electron chi connectivity index (χ4n) is 2.34. The second-order valence-electron chi connectivity index (χ2n) is 4.42. The van der Waals surface area contributed by atoms with Crippen molar-refractivity contribution < 1.29 is 15.0 Å². The first kappa shape index (κ1) is 11.5. The van der Waals surface area contributed by atoms with Crippen LogP contribution in [0.15, 0.2) is 0 Å². The average molecular weight is 200 g/mol. The summed E-state index contributed by atoms with van der Waals surface area (Å²) in [6.45, 7) is 1.98. The molecule has 0 bridgehead atoms. The molecule has 3 heteroatoms. The highest BCUT2D eigenvalue weighted by atomic mass is 16.4. The third kappa shape index (κ3) is 3.29. The van der Waals surface area contributed by atoms with Crippen molar-refractivity contribution in [3.05, 3.63) is 0 Å². The van der Waals surface area contributed by atoms with Crippen LogP contribution in [0, 0.1) is 11.8 Å². The Morgan fingerprint density at radius 2 is 1.93 bits per heavy atom. The van der Waals surface area contributed by atoms with Crippen molar-refractivity contribution in [2.24, 2.45) is 11.8 Å². The monoisotopic (exact) mass is 200 g/mol. The molecule has 14 heavy (non-hydrogen) atoms. The first-order valence-corrected chi connectivity index (χ1v) is 5.51. The van der Waals surface area contributed by atoms with Crippen molar-refractivity contribution in [3.63, 3.8) is 0 Å². The summed E-state index contributed by atoms with van der Waals surface area (Å²) in [6, 6.07) is 0. The van der Waals surface area contributed by atoms with E-state index in [0.29, 0.717) is 5.92 Å². The van der Waals surface area contributed by atoms with Gasteiger partial charge in [-0.25, -0.2) is 0 Å². The van der Waals surface area contributed by atoms with E-state index < -0.39 is 12.1 Å².